The van der Waals surface area contributed by atoms with E-state index in [0.29, 0.717) is 11.3 Å². The minimum absolute atomic E-state index is 0.0190. The standard InChI is InChI=1S/C10H5BrClF3N2.C2H6/c1-4-16-8-3-7(11)6(10(13,14)15)2-5(8)9(12)17-4;1-2/h2-3H,1H3;1-2H3. The van der Waals surface area contributed by atoms with Crippen LogP contribution < -0.4 is 0 Å². The molecule has 0 amide bonds. The van der Waals surface area contributed by atoms with E-state index in [1.807, 2.05) is 13.8 Å². The highest BCUT2D eigenvalue weighted by Gasteiger charge is 2.33. The van der Waals surface area contributed by atoms with Crippen LogP contribution in [0, 0.1) is 6.92 Å². The second-order valence-corrected chi connectivity index (χ2v) is 4.62. The van der Waals surface area contributed by atoms with Crippen molar-refractivity contribution in [2.24, 2.45) is 0 Å². The third-order valence-electron chi connectivity index (χ3n) is 2.16. The van der Waals surface area contributed by atoms with Gasteiger partial charge in [-0.15, -0.1) is 0 Å². The van der Waals surface area contributed by atoms with Gasteiger partial charge in [0.05, 0.1) is 11.1 Å². The van der Waals surface area contributed by atoms with Crippen molar-refractivity contribution >= 4 is 38.4 Å². The van der Waals surface area contributed by atoms with Gasteiger partial charge >= 0.3 is 6.18 Å². The maximum Gasteiger partial charge on any atom is 0.417 e. The number of fused-ring (bicyclic) bond motifs is 1. The van der Waals surface area contributed by atoms with E-state index in [1.165, 1.54) is 6.07 Å². The van der Waals surface area contributed by atoms with E-state index in [0.717, 1.165) is 6.07 Å². The van der Waals surface area contributed by atoms with Gasteiger partial charge in [-0.05, 0) is 19.1 Å². The van der Waals surface area contributed by atoms with Crippen LogP contribution >= 0.6 is 27.5 Å². The molecule has 2 aromatic rings. The molecular weight excluding hydrogens is 344 g/mol. The summed E-state index contributed by atoms with van der Waals surface area (Å²) in [4.78, 5) is 7.85. The summed E-state index contributed by atoms with van der Waals surface area (Å²) in [6.07, 6.45) is -4.44. The Morgan fingerprint density at radius 3 is 2.26 bits per heavy atom. The van der Waals surface area contributed by atoms with E-state index in [4.69, 9.17) is 11.6 Å². The van der Waals surface area contributed by atoms with Crippen LogP contribution in [0.4, 0.5) is 13.2 Å². The highest BCUT2D eigenvalue weighted by atomic mass is 79.9. The molecule has 1 heterocycles. The zero-order valence-electron chi connectivity index (χ0n) is 10.4. The van der Waals surface area contributed by atoms with E-state index >= 15 is 0 Å². The number of aromatic nitrogens is 2. The van der Waals surface area contributed by atoms with Crippen molar-refractivity contribution in [2.75, 3.05) is 0 Å². The molecule has 0 unspecified atom stereocenters. The molecule has 0 spiro atoms. The molecule has 0 atom stereocenters. The van der Waals surface area contributed by atoms with E-state index in [2.05, 4.69) is 25.9 Å². The highest BCUT2D eigenvalue weighted by molar-refractivity contribution is 9.10. The van der Waals surface area contributed by atoms with Crippen LogP contribution in [0.5, 0.6) is 0 Å². The minimum atomic E-state index is -4.44. The summed E-state index contributed by atoms with van der Waals surface area (Å²) in [6, 6.07) is 2.24. The molecule has 0 aliphatic carbocycles. The van der Waals surface area contributed by atoms with Crippen molar-refractivity contribution in [3.8, 4) is 0 Å². The van der Waals surface area contributed by atoms with Gasteiger partial charge in [-0.25, -0.2) is 9.97 Å². The van der Waals surface area contributed by atoms with Gasteiger partial charge in [0.2, 0.25) is 0 Å². The minimum Gasteiger partial charge on any atom is -0.233 e. The first kappa shape index (κ1) is 16.2. The Morgan fingerprint density at radius 1 is 1.16 bits per heavy atom. The largest absolute Gasteiger partial charge is 0.417 e. The maximum atomic E-state index is 12.7. The number of hydrogen-bond donors (Lipinski definition) is 0. The van der Waals surface area contributed by atoms with Crippen LogP contribution in [-0.4, -0.2) is 9.97 Å². The lowest BCUT2D eigenvalue weighted by Gasteiger charge is -2.10. The first-order chi connectivity index (χ1) is 8.79. The second kappa shape index (κ2) is 6.05. The average Bonchev–Trinajstić information content (AvgIpc) is 2.28. The molecule has 1 aromatic carbocycles. The summed E-state index contributed by atoms with van der Waals surface area (Å²) in [5, 5.41) is 0.207. The summed E-state index contributed by atoms with van der Waals surface area (Å²) in [7, 11) is 0. The molecular formula is C12H11BrClF3N2. The number of halogens is 5. The van der Waals surface area contributed by atoms with Crippen LogP contribution in [-0.2, 0) is 6.18 Å². The van der Waals surface area contributed by atoms with Gasteiger partial charge in [0.15, 0.2) is 0 Å². The van der Waals surface area contributed by atoms with E-state index in [1.54, 1.807) is 6.92 Å². The lowest BCUT2D eigenvalue weighted by atomic mass is 10.1. The van der Waals surface area contributed by atoms with Gasteiger partial charge in [-0.3, -0.25) is 0 Å². The smallest absolute Gasteiger partial charge is 0.233 e. The van der Waals surface area contributed by atoms with Crippen molar-refractivity contribution < 1.29 is 13.2 Å². The van der Waals surface area contributed by atoms with Crippen LogP contribution in [0.3, 0.4) is 0 Å². The van der Waals surface area contributed by atoms with Gasteiger partial charge in [0.1, 0.15) is 11.0 Å². The summed E-state index contributed by atoms with van der Waals surface area (Å²) >= 11 is 8.68. The van der Waals surface area contributed by atoms with Crippen LogP contribution in [0.15, 0.2) is 16.6 Å². The molecule has 2 rings (SSSR count). The predicted octanol–water partition coefficient (Wildman–Crippen LogP) is 5.40. The molecule has 0 aliphatic rings. The molecule has 0 aliphatic heterocycles. The van der Waals surface area contributed by atoms with Crippen LogP contribution in [0.1, 0.15) is 25.2 Å². The van der Waals surface area contributed by atoms with Crippen LogP contribution in [0.2, 0.25) is 5.15 Å². The van der Waals surface area contributed by atoms with Gasteiger partial charge in [0, 0.05) is 9.86 Å². The third-order valence-corrected chi connectivity index (χ3v) is 3.10. The fourth-order valence-corrected chi connectivity index (χ4v) is 2.27. The van der Waals surface area contributed by atoms with Gasteiger partial charge in [0.25, 0.3) is 0 Å². The second-order valence-electron chi connectivity index (χ2n) is 3.41. The van der Waals surface area contributed by atoms with Crippen molar-refractivity contribution in [2.45, 2.75) is 26.9 Å². The number of benzene rings is 1. The van der Waals surface area contributed by atoms with Crippen molar-refractivity contribution in [3.05, 3.63) is 33.1 Å². The van der Waals surface area contributed by atoms with Crippen molar-refractivity contribution in [3.63, 3.8) is 0 Å². The number of alkyl halides is 3. The zero-order valence-corrected chi connectivity index (χ0v) is 12.8. The Bertz CT molecular complexity index is 600. The monoisotopic (exact) mass is 354 g/mol. The molecule has 1 aromatic heterocycles. The topological polar surface area (TPSA) is 25.8 Å². The maximum absolute atomic E-state index is 12.7. The average molecular weight is 356 g/mol. The predicted molar refractivity (Wildman–Crippen MR) is 73.3 cm³/mol. The van der Waals surface area contributed by atoms with Crippen LogP contribution in [0.25, 0.3) is 10.9 Å². The molecule has 0 saturated heterocycles. The first-order valence-corrected chi connectivity index (χ1v) is 6.67. The highest BCUT2D eigenvalue weighted by Crippen LogP contribution is 2.37. The summed E-state index contributed by atoms with van der Waals surface area (Å²) < 4.78 is 38.0. The normalized spacial score (nSPS) is 11.2. The molecule has 0 radical (unpaired) electrons. The Kier molecular flexibility index (Phi) is 5.15. The van der Waals surface area contributed by atoms with E-state index in [9.17, 15) is 13.2 Å². The third kappa shape index (κ3) is 3.57. The number of aryl methyl sites for hydroxylation is 1. The van der Waals surface area contributed by atoms with E-state index in [-0.39, 0.29) is 15.0 Å². The first-order valence-electron chi connectivity index (χ1n) is 5.49. The molecule has 0 N–H and O–H groups in total. The fourth-order valence-electron chi connectivity index (χ4n) is 1.44. The fraction of sp³-hybridized carbons (Fsp3) is 0.333. The lowest BCUT2D eigenvalue weighted by Crippen LogP contribution is -2.06. The molecule has 19 heavy (non-hydrogen) atoms. The van der Waals surface area contributed by atoms with Crippen molar-refractivity contribution in [1.82, 2.24) is 9.97 Å². The van der Waals surface area contributed by atoms with Crippen molar-refractivity contribution in [1.29, 1.82) is 0 Å². The Labute approximate surface area is 122 Å². The molecule has 2 nitrogen and oxygen atoms in total. The SMILES string of the molecule is CC.Cc1nc(Cl)c2cc(C(F)(F)F)c(Br)cc2n1. The molecule has 104 valence electrons. The summed E-state index contributed by atoms with van der Waals surface area (Å²) in [5.74, 6) is 0.411. The number of hydrogen-bond acceptors (Lipinski definition) is 2. The van der Waals surface area contributed by atoms with E-state index < -0.39 is 11.7 Å². The van der Waals surface area contributed by atoms with Gasteiger partial charge in [-0.2, -0.15) is 13.2 Å². The van der Waals surface area contributed by atoms with Gasteiger partial charge < -0.3 is 0 Å². The number of rotatable bonds is 0. The molecule has 0 bridgehead atoms. The Balaban J connectivity index is 0.000000861. The summed E-state index contributed by atoms with van der Waals surface area (Å²) in [6.45, 7) is 5.62. The quantitative estimate of drug-likeness (QED) is 0.591. The Hall–Kier alpha value is -0.880. The lowest BCUT2D eigenvalue weighted by molar-refractivity contribution is -0.138. The van der Waals surface area contributed by atoms with Gasteiger partial charge in [-0.1, -0.05) is 41.4 Å². The summed E-state index contributed by atoms with van der Waals surface area (Å²) in [5.41, 5.74) is -0.415. The number of nitrogens with zero attached hydrogens (tertiary/aromatic N) is 2. The zero-order chi connectivity index (χ0) is 14.8. The molecule has 0 fully saturated rings. The molecule has 0 saturated carbocycles. The Morgan fingerprint density at radius 2 is 1.74 bits per heavy atom. The molecule has 7 heteroatoms.